The van der Waals surface area contributed by atoms with E-state index in [-0.39, 0.29) is 6.42 Å². The summed E-state index contributed by atoms with van der Waals surface area (Å²) in [5.41, 5.74) is 6.88. The Morgan fingerprint density at radius 2 is 2.24 bits per heavy atom. The fraction of sp³-hybridized carbons (Fsp3) is 0.667. The normalized spacial score (nSPS) is 19.1. The molecule has 0 amide bonds. The van der Waals surface area contributed by atoms with Gasteiger partial charge in [0.05, 0.1) is 12.5 Å². The van der Waals surface area contributed by atoms with E-state index in [1.165, 1.54) is 32.1 Å². The number of imidazole rings is 1. The van der Waals surface area contributed by atoms with E-state index in [4.69, 9.17) is 10.8 Å². The molecule has 1 unspecified atom stereocenters. The van der Waals surface area contributed by atoms with Crippen LogP contribution in [0, 0.1) is 0 Å². The van der Waals surface area contributed by atoms with Crippen molar-refractivity contribution in [1.82, 2.24) is 9.97 Å². The van der Waals surface area contributed by atoms with Crippen molar-refractivity contribution in [2.45, 2.75) is 50.5 Å². The molecule has 0 spiro atoms. The number of nitrogens with one attached hydrogen (secondary N) is 1. The second kappa shape index (κ2) is 5.31. The van der Waals surface area contributed by atoms with Crippen LogP contribution in [0.25, 0.3) is 0 Å². The minimum absolute atomic E-state index is 0.0857. The Bertz CT molecular complexity index is 383. The third-order valence-electron chi connectivity index (χ3n) is 3.41. The fourth-order valence-corrected chi connectivity index (χ4v) is 2.45. The highest BCUT2D eigenvalue weighted by Gasteiger charge is 2.20. The van der Waals surface area contributed by atoms with Crippen LogP contribution in [-0.4, -0.2) is 21.0 Å². The summed E-state index contributed by atoms with van der Waals surface area (Å²) in [7, 11) is 0. The van der Waals surface area contributed by atoms with Crippen LogP contribution in [0.3, 0.4) is 0 Å². The van der Waals surface area contributed by atoms with E-state index in [1.54, 1.807) is 0 Å². The lowest BCUT2D eigenvalue weighted by molar-refractivity contribution is -0.137. The first-order chi connectivity index (χ1) is 8.16. The largest absolute Gasteiger partial charge is 0.481 e. The standard InChI is InChI=1S/C12H19N3O2/c13-9(6-11(16)17)12-14-7-10(15-12)8-4-2-1-3-5-8/h7-9H,1-6,13H2,(H,14,15)(H,16,17). The molecule has 2 rings (SSSR count). The number of nitrogens with zero attached hydrogens (tertiary/aromatic N) is 1. The molecule has 0 aliphatic heterocycles. The van der Waals surface area contributed by atoms with Gasteiger partial charge in [0, 0.05) is 17.8 Å². The first-order valence-corrected chi connectivity index (χ1v) is 6.19. The van der Waals surface area contributed by atoms with Gasteiger partial charge in [-0.15, -0.1) is 0 Å². The number of hydrogen-bond donors (Lipinski definition) is 3. The minimum atomic E-state index is -0.895. The molecule has 5 nitrogen and oxygen atoms in total. The molecule has 1 aliphatic carbocycles. The van der Waals surface area contributed by atoms with Gasteiger partial charge in [0.1, 0.15) is 5.82 Å². The molecule has 94 valence electrons. The summed E-state index contributed by atoms with van der Waals surface area (Å²) in [6.45, 7) is 0. The average Bonchev–Trinajstić information content (AvgIpc) is 2.78. The van der Waals surface area contributed by atoms with E-state index >= 15 is 0 Å². The molecule has 17 heavy (non-hydrogen) atoms. The SMILES string of the molecule is NC(CC(=O)O)c1ncc(C2CCCCC2)[nH]1. The van der Waals surface area contributed by atoms with Crippen LogP contribution in [0.15, 0.2) is 6.20 Å². The molecule has 0 radical (unpaired) electrons. The maximum absolute atomic E-state index is 10.6. The zero-order valence-corrected chi connectivity index (χ0v) is 9.85. The predicted molar refractivity (Wildman–Crippen MR) is 63.6 cm³/mol. The van der Waals surface area contributed by atoms with E-state index in [0.29, 0.717) is 11.7 Å². The maximum atomic E-state index is 10.6. The number of rotatable bonds is 4. The predicted octanol–water partition coefficient (Wildman–Crippen LogP) is 1.93. The fourth-order valence-electron chi connectivity index (χ4n) is 2.45. The van der Waals surface area contributed by atoms with E-state index < -0.39 is 12.0 Å². The van der Waals surface area contributed by atoms with Crippen molar-refractivity contribution in [3.8, 4) is 0 Å². The summed E-state index contributed by atoms with van der Waals surface area (Å²) in [4.78, 5) is 18.0. The van der Waals surface area contributed by atoms with E-state index in [1.807, 2.05) is 6.20 Å². The van der Waals surface area contributed by atoms with E-state index in [2.05, 4.69) is 9.97 Å². The Morgan fingerprint density at radius 3 is 2.88 bits per heavy atom. The van der Waals surface area contributed by atoms with Gasteiger partial charge in [-0.1, -0.05) is 19.3 Å². The molecule has 1 heterocycles. The van der Waals surface area contributed by atoms with Gasteiger partial charge in [-0.25, -0.2) is 4.98 Å². The van der Waals surface area contributed by atoms with Gasteiger partial charge < -0.3 is 15.8 Å². The van der Waals surface area contributed by atoms with Crippen molar-refractivity contribution >= 4 is 5.97 Å². The zero-order chi connectivity index (χ0) is 12.3. The molecule has 1 aliphatic rings. The molecule has 1 aromatic heterocycles. The number of aromatic nitrogens is 2. The third kappa shape index (κ3) is 3.06. The number of aliphatic carboxylic acids is 1. The molecule has 0 saturated heterocycles. The lowest BCUT2D eigenvalue weighted by Crippen LogP contribution is -2.16. The van der Waals surface area contributed by atoms with Crippen molar-refractivity contribution in [3.63, 3.8) is 0 Å². The summed E-state index contributed by atoms with van der Waals surface area (Å²) < 4.78 is 0. The molecule has 5 heteroatoms. The van der Waals surface area contributed by atoms with Crippen molar-refractivity contribution in [1.29, 1.82) is 0 Å². The van der Waals surface area contributed by atoms with Crippen LogP contribution in [0.1, 0.15) is 62.0 Å². The molecular formula is C12H19N3O2. The number of hydrogen-bond acceptors (Lipinski definition) is 3. The highest BCUT2D eigenvalue weighted by molar-refractivity contribution is 5.67. The molecule has 0 bridgehead atoms. The van der Waals surface area contributed by atoms with Gasteiger partial charge >= 0.3 is 5.97 Å². The Labute approximate surface area is 100 Å². The lowest BCUT2D eigenvalue weighted by atomic mass is 9.87. The van der Waals surface area contributed by atoms with Gasteiger partial charge in [0.15, 0.2) is 0 Å². The van der Waals surface area contributed by atoms with E-state index in [9.17, 15) is 4.79 Å². The topological polar surface area (TPSA) is 92.0 Å². The highest BCUT2D eigenvalue weighted by Crippen LogP contribution is 2.31. The van der Waals surface area contributed by atoms with Gasteiger partial charge in [0.25, 0.3) is 0 Å². The number of nitrogens with two attached hydrogens (primary N) is 1. The number of carboxylic acid groups (broad SMARTS) is 1. The summed E-state index contributed by atoms with van der Waals surface area (Å²) >= 11 is 0. The second-order valence-electron chi connectivity index (χ2n) is 4.76. The molecule has 1 aromatic rings. The van der Waals surface area contributed by atoms with Crippen LogP contribution in [0.2, 0.25) is 0 Å². The lowest BCUT2D eigenvalue weighted by Gasteiger charge is -2.19. The Balaban J connectivity index is 2.01. The van der Waals surface area contributed by atoms with Crippen LogP contribution < -0.4 is 5.73 Å². The third-order valence-corrected chi connectivity index (χ3v) is 3.41. The van der Waals surface area contributed by atoms with Crippen molar-refractivity contribution < 1.29 is 9.90 Å². The molecule has 1 atom stereocenters. The van der Waals surface area contributed by atoms with Crippen LogP contribution >= 0.6 is 0 Å². The zero-order valence-electron chi connectivity index (χ0n) is 9.85. The minimum Gasteiger partial charge on any atom is -0.481 e. The molecule has 0 aromatic carbocycles. The quantitative estimate of drug-likeness (QED) is 0.746. The van der Waals surface area contributed by atoms with Gasteiger partial charge in [-0.3, -0.25) is 4.79 Å². The summed E-state index contributed by atoms with van der Waals surface area (Å²) in [5.74, 6) is 0.239. The monoisotopic (exact) mass is 237 g/mol. The summed E-state index contributed by atoms with van der Waals surface area (Å²) in [5, 5.41) is 8.68. The number of aromatic amines is 1. The summed E-state index contributed by atoms with van der Waals surface area (Å²) in [6.07, 6.45) is 7.95. The van der Waals surface area contributed by atoms with Gasteiger partial charge in [-0.2, -0.15) is 0 Å². The first kappa shape index (κ1) is 12.1. The molecular weight excluding hydrogens is 218 g/mol. The Kier molecular flexibility index (Phi) is 3.78. The molecule has 4 N–H and O–H groups in total. The van der Waals surface area contributed by atoms with E-state index in [0.717, 1.165) is 5.69 Å². The van der Waals surface area contributed by atoms with Crippen LogP contribution in [0.5, 0.6) is 0 Å². The number of H-pyrrole nitrogens is 1. The Hall–Kier alpha value is -1.36. The first-order valence-electron chi connectivity index (χ1n) is 6.19. The summed E-state index contributed by atoms with van der Waals surface area (Å²) in [6, 6.07) is -0.537. The second-order valence-corrected chi connectivity index (χ2v) is 4.76. The molecule has 1 saturated carbocycles. The average molecular weight is 237 g/mol. The highest BCUT2D eigenvalue weighted by atomic mass is 16.4. The van der Waals surface area contributed by atoms with Crippen LogP contribution in [0.4, 0.5) is 0 Å². The van der Waals surface area contributed by atoms with Gasteiger partial charge in [-0.05, 0) is 12.8 Å². The van der Waals surface area contributed by atoms with Gasteiger partial charge in [0.2, 0.25) is 0 Å². The van der Waals surface area contributed by atoms with Crippen molar-refractivity contribution in [2.75, 3.05) is 0 Å². The Morgan fingerprint density at radius 1 is 1.53 bits per heavy atom. The van der Waals surface area contributed by atoms with Crippen molar-refractivity contribution in [3.05, 3.63) is 17.7 Å². The smallest absolute Gasteiger partial charge is 0.305 e. The maximum Gasteiger partial charge on any atom is 0.305 e. The van der Waals surface area contributed by atoms with Crippen molar-refractivity contribution in [2.24, 2.45) is 5.73 Å². The number of carbonyl (C=O) groups is 1. The molecule has 1 fully saturated rings. The van der Waals surface area contributed by atoms with Crippen LogP contribution in [-0.2, 0) is 4.79 Å². The number of carboxylic acids is 1.